The van der Waals surface area contributed by atoms with Crippen molar-refractivity contribution in [1.82, 2.24) is 4.90 Å². The molecule has 1 saturated heterocycles. The van der Waals surface area contributed by atoms with Crippen LogP contribution in [0.25, 0.3) is 0 Å². The third-order valence-corrected chi connectivity index (χ3v) is 5.67. The maximum absolute atomic E-state index is 12.6. The summed E-state index contributed by atoms with van der Waals surface area (Å²) >= 11 is 1.50. The van der Waals surface area contributed by atoms with Gasteiger partial charge in [0, 0.05) is 13.1 Å². The van der Waals surface area contributed by atoms with Gasteiger partial charge in [-0.2, -0.15) is 0 Å². The lowest BCUT2D eigenvalue weighted by Gasteiger charge is -2.23. The summed E-state index contributed by atoms with van der Waals surface area (Å²) in [6.07, 6.45) is 4.85. The predicted octanol–water partition coefficient (Wildman–Crippen LogP) is 5.32. The number of aliphatic imine (C=N–C) groups is 1. The summed E-state index contributed by atoms with van der Waals surface area (Å²) in [5.74, 6) is 0.944. The van der Waals surface area contributed by atoms with E-state index in [1.54, 1.807) is 0 Å². The number of thioether (sulfide) groups is 1. The largest absolute Gasteiger partial charge is 0.492 e. The van der Waals surface area contributed by atoms with Crippen LogP contribution >= 0.6 is 11.8 Å². The Morgan fingerprint density at radius 1 is 1.03 bits per heavy atom. The first kappa shape index (κ1) is 21.2. The average Bonchev–Trinajstić information content (AvgIpc) is 3.03. The molecule has 0 bridgehead atoms. The van der Waals surface area contributed by atoms with E-state index in [1.807, 2.05) is 61.5 Å². The molecule has 1 amide bonds. The number of hydrogen-bond acceptors (Lipinski definition) is 4. The van der Waals surface area contributed by atoms with Crippen LogP contribution in [0.3, 0.4) is 0 Å². The number of amidine groups is 1. The molecule has 154 valence electrons. The van der Waals surface area contributed by atoms with E-state index in [0.29, 0.717) is 23.8 Å². The number of para-hydroxylation sites is 3. The number of anilines is 1. The molecule has 0 spiro atoms. The summed E-state index contributed by atoms with van der Waals surface area (Å²) in [6, 6.07) is 17.5. The highest BCUT2D eigenvalue weighted by Crippen LogP contribution is 2.25. The second kappa shape index (κ2) is 11.5. The van der Waals surface area contributed by atoms with Crippen molar-refractivity contribution in [2.24, 2.45) is 4.99 Å². The van der Waals surface area contributed by atoms with Crippen LogP contribution in [0.2, 0.25) is 0 Å². The van der Waals surface area contributed by atoms with Gasteiger partial charge in [0.1, 0.15) is 5.75 Å². The van der Waals surface area contributed by atoms with Crippen molar-refractivity contribution >= 4 is 34.2 Å². The third kappa shape index (κ3) is 6.82. The minimum Gasteiger partial charge on any atom is -0.492 e. The van der Waals surface area contributed by atoms with Crippen LogP contribution in [-0.2, 0) is 4.79 Å². The number of benzene rings is 2. The molecule has 29 heavy (non-hydrogen) atoms. The van der Waals surface area contributed by atoms with Gasteiger partial charge in [0.25, 0.3) is 0 Å². The number of amides is 1. The molecule has 6 heteroatoms. The smallest absolute Gasteiger partial charge is 0.234 e. The van der Waals surface area contributed by atoms with Crippen LogP contribution in [0.4, 0.5) is 11.4 Å². The van der Waals surface area contributed by atoms with Crippen LogP contribution in [0.5, 0.6) is 5.75 Å². The molecular formula is C23H29N3O2S. The van der Waals surface area contributed by atoms with Crippen LogP contribution in [0, 0.1) is 0 Å². The number of carbonyl (C=O) groups excluding carboxylic acids is 1. The molecule has 1 N–H and O–H groups in total. The van der Waals surface area contributed by atoms with E-state index in [1.165, 1.54) is 37.4 Å². The number of nitrogens with one attached hydrogen (secondary N) is 1. The molecule has 2 aromatic rings. The van der Waals surface area contributed by atoms with Crippen molar-refractivity contribution in [3.63, 3.8) is 0 Å². The van der Waals surface area contributed by atoms with Crippen molar-refractivity contribution < 1.29 is 9.53 Å². The zero-order chi connectivity index (χ0) is 20.3. The first-order valence-electron chi connectivity index (χ1n) is 10.3. The minimum atomic E-state index is -0.0577. The Balaban J connectivity index is 1.68. The van der Waals surface area contributed by atoms with Crippen molar-refractivity contribution in [2.75, 3.05) is 30.8 Å². The van der Waals surface area contributed by atoms with E-state index in [0.717, 1.165) is 23.9 Å². The number of rotatable bonds is 6. The number of ether oxygens (including phenoxy) is 1. The standard InChI is InChI=1S/C23H29N3O2S/c1-2-28-21-15-9-8-14-20(21)25-22(27)18-29-23(24-19-12-6-5-7-13-19)26-16-10-3-4-11-17-26/h5-9,12-15H,2-4,10-11,16-18H2,1H3,(H,25,27). The fraction of sp³-hybridized carbons (Fsp3) is 0.391. The van der Waals surface area contributed by atoms with Gasteiger partial charge in [0.2, 0.25) is 5.91 Å². The average molecular weight is 412 g/mol. The monoisotopic (exact) mass is 411 g/mol. The van der Waals surface area contributed by atoms with E-state index in [2.05, 4.69) is 10.2 Å². The summed E-state index contributed by atoms with van der Waals surface area (Å²) in [6.45, 7) is 4.48. The molecule has 0 aromatic heterocycles. The normalized spacial score (nSPS) is 14.9. The Morgan fingerprint density at radius 3 is 2.45 bits per heavy atom. The molecule has 3 rings (SSSR count). The highest BCUT2D eigenvalue weighted by Gasteiger charge is 2.17. The van der Waals surface area contributed by atoms with Gasteiger partial charge in [-0.15, -0.1) is 0 Å². The molecule has 5 nitrogen and oxygen atoms in total. The van der Waals surface area contributed by atoms with Gasteiger partial charge in [0.05, 0.1) is 23.7 Å². The summed E-state index contributed by atoms with van der Waals surface area (Å²) in [4.78, 5) is 19.8. The lowest BCUT2D eigenvalue weighted by molar-refractivity contribution is -0.113. The van der Waals surface area contributed by atoms with E-state index in [4.69, 9.17) is 9.73 Å². The van der Waals surface area contributed by atoms with E-state index >= 15 is 0 Å². The van der Waals surface area contributed by atoms with Crippen molar-refractivity contribution in [3.05, 3.63) is 54.6 Å². The maximum Gasteiger partial charge on any atom is 0.234 e. The summed E-state index contributed by atoms with van der Waals surface area (Å²) < 4.78 is 5.60. The Hall–Kier alpha value is -2.47. The van der Waals surface area contributed by atoms with Gasteiger partial charge in [-0.3, -0.25) is 4.79 Å². The number of hydrogen-bond donors (Lipinski definition) is 1. The fourth-order valence-electron chi connectivity index (χ4n) is 3.24. The van der Waals surface area contributed by atoms with E-state index in [9.17, 15) is 4.79 Å². The molecule has 2 aromatic carbocycles. The second-order valence-corrected chi connectivity index (χ2v) is 7.84. The Morgan fingerprint density at radius 2 is 1.72 bits per heavy atom. The van der Waals surface area contributed by atoms with Gasteiger partial charge in [-0.25, -0.2) is 4.99 Å². The lowest BCUT2D eigenvalue weighted by Crippen LogP contribution is -2.31. The van der Waals surface area contributed by atoms with Crippen molar-refractivity contribution in [2.45, 2.75) is 32.6 Å². The SMILES string of the molecule is CCOc1ccccc1NC(=O)CSC(=Nc1ccccc1)N1CCCCCC1. The zero-order valence-corrected chi connectivity index (χ0v) is 17.8. The molecule has 0 aliphatic carbocycles. The highest BCUT2D eigenvalue weighted by atomic mass is 32.2. The zero-order valence-electron chi connectivity index (χ0n) is 17.0. The Labute approximate surface area is 177 Å². The van der Waals surface area contributed by atoms with E-state index in [-0.39, 0.29) is 5.91 Å². The summed E-state index contributed by atoms with van der Waals surface area (Å²) in [7, 11) is 0. The number of nitrogens with zero attached hydrogens (tertiary/aromatic N) is 2. The van der Waals surface area contributed by atoms with Gasteiger partial charge in [-0.1, -0.05) is 54.9 Å². The van der Waals surface area contributed by atoms with Crippen LogP contribution in [0.1, 0.15) is 32.6 Å². The molecule has 1 fully saturated rings. The minimum absolute atomic E-state index is 0.0577. The van der Waals surface area contributed by atoms with Crippen LogP contribution in [-0.4, -0.2) is 41.4 Å². The first-order valence-corrected chi connectivity index (χ1v) is 11.3. The summed E-state index contributed by atoms with van der Waals surface area (Å²) in [5.41, 5.74) is 1.62. The highest BCUT2D eigenvalue weighted by molar-refractivity contribution is 8.14. The fourth-order valence-corrected chi connectivity index (χ4v) is 4.10. The number of likely N-dealkylation sites (tertiary alicyclic amines) is 1. The third-order valence-electron chi connectivity index (χ3n) is 4.65. The van der Waals surface area contributed by atoms with Gasteiger partial charge >= 0.3 is 0 Å². The lowest BCUT2D eigenvalue weighted by atomic mass is 10.2. The van der Waals surface area contributed by atoms with Crippen molar-refractivity contribution in [3.8, 4) is 5.75 Å². The van der Waals surface area contributed by atoms with E-state index < -0.39 is 0 Å². The van der Waals surface area contributed by atoms with Gasteiger partial charge in [-0.05, 0) is 44.0 Å². The Kier molecular flexibility index (Phi) is 8.43. The van der Waals surface area contributed by atoms with Gasteiger partial charge in [0.15, 0.2) is 5.17 Å². The molecule has 0 unspecified atom stereocenters. The molecule has 0 radical (unpaired) electrons. The number of carbonyl (C=O) groups is 1. The molecule has 1 heterocycles. The van der Waals surface area contributed by atoms with Crippen LogP contribution < -0.4 is 10.1 Å². The Bertz CT molecular complexity index is 803. The molecule has 1 aliphatic heterocycles. The predicted molar refractivity (Wildman–Crippen MR) is 122 cm³/mol. The van der Waals surface area contributed by atoms with Crippen LogP contribution in [0.15, 0.2) is 59.6 Å². The molecular weight excluding hydrogens is 382 g/mol. The first-order chi connectivity index (χ1) is 14.3. The topological polar surface area (TPSA) is 53.9 Å². The van der Waals surface area contributed by atoms with Gasteiger partial charge < -0.3 is 15.0 Å². The van der Waals surface area contributed by atoms with Crippen molar-refractivity contribution in [1.29, 1.82) is 0 Å². The summed E-state index contributed by atoms with van der Waals surface area (Å²) in [5, 5.41) is 3.89. The molecule has 1 aliphatic rings. The second-order valence-electron chi connectivity index (χ2n) is 6.90. The molecule has 0 saturated carbocycles. The maximum atomic E-state index is 12.6. The molecule has 0 atom stereocenters. The quantitative estimate of drug-likeness (QED) is 0.516.